The fourth-order valence-electron chi connectivity index (χ4n) is 2.25. The molecule has 0 bridgehead atoms. The first-order chi connectivity index (χ1) is 10.2. The lowest BCUT2D eigenvalue weighted by molar-refractivity contribution is 0.0384. The zero-order valence-corrected chi connectivity index (χ0v) is 14.6. The maximum atomic E-state index is 7.00. The molecule has 0 spiro atoms. The summed E-state index contributed by atoms with van der Waals surface area (Å²) >= 11 is 0. The third-order valence-corrected chi connectivity index (χ3v) is 3.63. The van der Waals surface area contributed by atoms with E-state index in [0.29, 0.717) is 5.92 Å². The molecule has 0 aromatic rings. The molecule has 0 fully saturated rings. The zero-order chi connectivity index (χ0) is 15.9. The summed E-state index contributed by atoms with van der Waals surface area (Å²) in [6.45, 7) is 7.74. The Balaban J connectivity index is -0.000000960. The highest BCUT2D eigenvalue weighted by Crippen LogP contribution is 2.22. The van der Waals surface area contributed by atoms with Gasteiger partial charge in [0, 0.05) is 26.8 Å². The second-order valence-electron chi connectivity index (χ2n) is 5.52. The van der Waals surface area contributed by atoms with Gasteiger partial charge in [0.15, 0.2) is 0 Å². The number of nitrogens with zero attached hydrogens (tertiary/aromatic N) is 1. The van der Waals surface area contributed by atoms with E-state index in [0.717, 1.165) is 52.8 Å². The van der Waals surface area contributed by atoms with Crippen LogP contribution in [0.3, 0.4) is 0 Å². The summed E-state index contributed by atoms with van der Waals surface area (Å²) in [5.74, 6) is 0.666. The Kier molecular flexibility index (Phi) is 22.8. The van der Waals surface area contributed by atoms with E-state index in [4.69, 9.17) is 9.84 Å². The predicted octanol–water partition coefficient (Wildman–Crippen LogP) is 2.22. The van der Waals surface area contributed by atoms with Crippen molar-refractivity contribution in [2.75, 3.05) is 47.6 Å². The van der Waals surface area contributed by atoms with Crippen LogP contribution < -0.4 is 5.32 Å². The number of likely N-dealkylation sites (N-methyl/N-ethyl adjacent to an activating group) is 2. The molecule has 0 radical (unpaired) electrons. The van der Waals surface area contributed by atoms with Crippen molar-refractivity contribution < 1.29 is 15.3 Å². The third kappa shape index (κ3) is 15.9. The minimum absolute atomic E-state index is 0. The highest BCUT2D eigenvalue weighted by molar-refractivity contribution is 5.02. The first-order valence-corrected chi connectivity index (χ1v) is 7.91. The average molecular weight is 333 g/mol. The first kappa shape index (κ1) is 27.1. The van der Waals surface area contributed by atoms with Crippen LogP contribution >= 0.6 is 0 Å². The summed E-state index contributed by atoms with van der Waals surface area (Å²) in [5.41, 5.74) is 1.40. The molecule has 0 saturated heterocycles. The summed E-state index contributed by atoms with van der Waals surface area (Å²) in [5, 5.41) is 10.1. The van der Waals surface area contributed by atoms with Crippen molar-refractivity contribution in [3.63, 3.8) is 0 Å². The predicted molar refractivity (Wildman–Crippen MR) is 101 cm³/mol. The SMILES string of the molecule is C.C=C1CC/C=C/[C@H](CCOCN(C)CCNC)CC1.CO.O. The molecule has 5 heteroatoms. The fraction of sp³-hybridized carbons (Fsp3) is 0.778. The summed E-state index contributed by atoms with van der Waals surface area (Å²) in [4.78, 5) is 2.20. The zero-order valence-electron chi connectivity index (χ0n) is 14.6. The number of allylic oxidation sites excluding steroid dienone is 3. The molecule has 0 aliphatic heterocycles. The lowest BCUT2D eigenvalue weighted by Crippen LogP contribution is -2.29. The number of nitrogens with one attached hydrogen (secondary N) is 1. The van der Waals surface area contributed by atoms with Gasteiger partial charge in [-0.2, -0.15) is 0 Å². The first-order valence-electron chi connectivity index (χ1n) is 7.91. The van der Waals surface area contributed by atoms with Crippen molar-refractivity contribution in [1.29, 1.82) is 0 Å². The van der Waals surface area contributed by atoms with Crippen LogP contribution in [0.15, 0.2) is 24.3 Å². The number of aliphatic hydroxyl groups excluding tert-OH is 1. The van der Waals surface area contributed by atoms with Gasteiger partial charge in [0.1, 0.15) is 0 Å². The van der Waals surface area contributed by atoms with Gasteiger partial charge in [0.25, 0.3) is 0 Å². The molecule has 0 heterocycles. The molecule has 0 saturated carbocycles. The van der Waals surface area contributed by atoms with Crippen LogP contribution in [0.1, 0.15) is 39.5 Å². The van der Waals surface area contributed by atoms with E-state index in [2.05, 4.69) is 36.0 Å². The molecule has 5 nitrogen and oxygen atoms in total. The van der Waals surface area contributed by atoms with Crippen molar-refractivity contribution in [1.82, 2.24) is 10.2 Å². The van der Waals surface area contributed by atoms with Gasteiger partial charge in [-0.1, -0.05) is 31.7 Å². The smallest absolute Gasteiger partial charge is 0.0988 e. The van der Waals surface area contributed by atoms with Crippen LogP contribution in [0.2, 0.25) is 0 Å². The van der Waals surface area contributed by atoms with Crippen LogP contribution in [0.5, 0.6) is 0 Å². The topological polar surface area (TPSA) is 76.2 Å². The summed E-state index contributed by atoms with van der Waals surface area (Å²) < 4.78 is 5.74. The molecule has 1 atom stereocenters. The van der Waals surface area contributed by atoms with Gasteiger partial charge in [-0.3, -0.25) is 4.90 Å². The van der Waals surface area contributed by atoms with Crippen LogP contribution in [0.4, 0.5) is 0 Å². The Morgan fingerprint density at radius 1 is 1.39 bits per heavy atom. The van der Waals surface area contributed by atoms with E-state index < -0.39 is 0 Å². The van der Waals surface area contributed by atoms with Gasteiger partial charge < -0.3 is 20.6 Å². The molecule has 140 valence electrons. The van der Waals surface area contributed by atoms with E-state index in [1.165, 1.54) is 18.4 Å². The Bertz CT molecular complexity index is 283. The van der Waals surface area contributed by atoms with Crippen molar-refractivity contribution >= 4 is 0 Å². The molecule has 0 unspecified atom stereocenters. The lowest BCUT2D eigenvalue weighted by Gasteiger charge is -2.19. The number of aliphatic hydroxyl groups is 1. The molecule has 1 rings (SSSR count). The van der Waals surface area contributed by atoms with Gasteiger partial charge in [0.2, 0.25) is 0 Å². The van der Waals surface area contributed by atoms with Gasteiger partial charge in [-0.05, 0) is 52.1 Å². The van der Waals surface area contributed by atoms with E-state index in [-0.39, 0.29) is 12.9 Å². The molecule has 0 aromatic carbocycles. The monoisotopic (exact) mass is 332 g/mol. The maximum absolute atomic E-state index is 7.00. The van der Waals surface area contributed by atoms with Crippen molar-refractivity contribution in [3.05, 3.63) is 24.3 Å². The van der Waals surface area contributed by atoms with E-state index in [9.17, 15) is 0 Å². The van der Waals surface area contributed by atoms with Crippen LogP contribution in [-0.2, 0) is 4.74 Å². The molecule has 23 heavy (non-hydrogen) atoms. The molecular weight excluding hydrogens is 292 g/mol. The average Bonchev–Trinajstić information content (AvgIpc) is 2.49. The van der Waals surface area contributed by atoms with Crippen molar-refractivity contribution in [2.45, 2.75) is 39.5 Å². The van der Waals surface area contributed by atoms with E-state index in [1.807, 2.05) is 7.05 Å². The highest BCUT2D eigenvalue weighted by atomic mass is 16.5. The van der Waals surface area contributed by atoms with Crippen LogP contribution in [0.25, 0.3) is 0 Å². The Hall–Kier alpha value is -0.720. The van der Waals surface area contributed by atoms with Crippen molar-refractivity contribution in [3.8, 4) is 0 Å². The van der Waals surface area contributed by atoms with E-state index in [1.54, 1.807) is 0 Å². The third-order valence-electron chi connectivity index (χ3n) is 3.63. The summed E-state index contributed by atoms with van der Waals surface area (Å²) in [6, 6.07) is 0. The number of hydrogen-bond acceptors (Lipinski definition) is 4. The van der Waals surface area contributed by atoms with Crippen LogP contribution in [-0.4, -0.2) is 63.1 Å². The van der Waals surface area contributed by atoms with Gasteiger partial charge in [-0.25, -0.2) is 0 Å². The quantitative estimate of drug-likeness (QED) is 0.406. The highest BCUT2D eigenvalue weighted by Gasteiger charge is 2.08. The van der Waals surface area contributed by atoms with Gasteiger partial charge >= 0.3 is 0 Å². The second kappa shape index (κ2) is 19.3. The normalized spacial score (nSPS) is 18.7. The van der Waals surface area contributed by atoms with Crippen molar-refractivity contribution in [2.24, 2.45) is 5.92 Å². The lowest BCUT2D eigenvalue weighted by atomic mass is 9.92. The van der Waals surface area contributed by atoms with Gasteiger partial charge in [-0.15, -0.1) is 0 Å². The largest absolute Gasteiger partial charge is 0.412 e. The minimum atomic E-state index is 0. The maximum Gasteiger partial charge on any atom is 0.0988 e. The minimum Gasteiger partial charge on any atom is -0.412 e. The Morgan fingerprint density at radius 2 is 2.09 bits per heavy atom. The van der Waals surface area contributed by atoms with Gasteiger partial charge in [0.05, 0.1) is 6.73 Å². The second-order valence-corrected chi connectivity index (χ2v) is 5.52. The molecule has 4 N–H and O–H groups in total. The standard InChI is InChI=1S/C16H30N2O.CH4O.CH4.H2O/c1-15-6-4-5-7-16(9-8-15)10-13-19-14-18(3)12-11-17-2;1-2;;/h5,7,16-17H,1,4,6,8-14H2,2-3H3;2H,1H3;1H4;1H2/b7-5+;;;/t16-;;;/m0.../s1. The number of hydrogen-bond donors (Lipinski definition) is 2. The van der Waals surface area contributed by atoms with Crippen LogP contribution in [0, 0.1) is 5.92 Å². The fourth-order valence-corrected chi connectivity index (χ4v) is 2.25. The number of ether oxygens (including phenoxy) is 1. The Morgan fingerprint density at radius 3 is 2.74 bits per heavy atom. The molecule has 0 amide bonds. The molecule has 0 aromatic heterocycles. The molecular formula is C18H40N2O3. The Labute approximate surface area is 143 Å². The summed E-state index contributed by atoms with van der Waals surface area (Å²) in [6.07, 6.45) is 10.5. The molecule has 1 aliphatic rings. The number of rotatable bonds is 8. The summed E-state index contributed by atoms with van der Waals surface area (Å²) in [7, 11) is 5.07. The molecule has 1 aliphatic carbocycles. The van der Waals surface area contributed by atoms with E-state index >= 15 is 0 Å².